The van der Waals surface area contributed by atoms with Crippen LogP contribution in [-0.4, -0.2) is 31.3 Å². The second-order valence-corrected chi connectivity index (χ2v) is 5.60. The van der Waals surface area contributed by atoms with E-state index in [1.807, 2.05) is 24.3 Å². The number of benzene rings is 2. The van der Waals surface area contributed by atoms with Crippen LogP contribution in [0.25, 0.3) is 22.3 Å². The van der Waals surface area contributed by atoms with Gasteiger partial charge in [0.05, 0.1) is 11.1 Å². The van der Waals surface area contributed by atoms with Gasteiger partial charge in [0.15, 0.2) is 11.6 Å². The number of H-pyrrole nitrogens is 1. The Kier molecular flexibility index (Phi) is 4.24. The third kappa shape index (κ3) is 3.33. The van der Waals surface area contributed by atoms with Gasteiger partial charge in [-0.15, -0.1) is 10.2 Å². The molecule has 0 aliphatic rings. The standard InChI is InChI=1S/C18H13N7O2/c26-25(27)13-7-5-12(6-8-13)11-21-23-17-15-4-2-1-3-14(15)16(22-24-17)18-19-9-10-20-18/h1-11H,(H,19,20)(H,23,24)/b21-11+. The van der Waals surface area contributed by atoms with Crippen LogP contribution in [0.15, 0.2) is 66.0 Å². The van der Waals surface area contributed by atoms with Crippen LogP contribution in [0.1, 0.15) is 5.56 Å². The van der Waals surface area contributed by atoms with Crippen LogP contribution in [0.3, 0.4) is 0 Å². The number of fused-ring (bicyclic) bond motifs is 1. The zero-order valence-electron chi connectivity index (χ0n) is 13.9. The minimum Gasteiger partial charge on any atom is -0.343 e. The summed E-state index contributed by atoms with van der Waals surface area (Å²) in [6.45, 7) is 0. The summed E-state index contributed by atoms with van der Waals surface area (Å²) >= 11 is 0. The van der Waals surface area contributed by atoms with E-state index >= 15 is 0 Å². The molecular weight excluding hydrogens is 346 g/mol. The van der Waals surface area contributed by atoms with Crippen LogP contribution in [0.5, 0.6) is 0 Å². The van der Waals surface area contributed by atoms with Crippen LogP contribution in [0, 0.1) is 10.1 Å². The van der Waals surface area contributed by atoms with Crippen molar-refractivity contribution in [2.75, 3.05) is 5.43 Å². The Morgan fingerprint density at radius 3 is 2.56 bits per heavy atom. The molecule has 0 bridgehead atoms. The van der Waals surface area contributed by atoms with Gasteiger partial charge in [-0.3, -0.25) is 15.5 Å². The number of hydrazone groups is 1. The second kappa shape index (κ2) is 7.00. The van der Waals surface area contributed by atoms with Gasteiger partial charge in [0.2, 0.25) is 0 Å². The third-order valence-corrected chi connectivity index (χ3v) is 3.90. The van der Waals surface area contributed by atoms with E-state index in [0.717, 1.165) is 16.3 Å². The molecule has 9 nitrogen and oxygen atoms in total. The predicted octanol–water partition coefficient (Wildman–Crippen LogP) is 3.37. The van der Waals surface area contributed by atoms with E-state index in [1.54, 1.807) is 30.7 Å². The van der Waals surface area contributed by atoms with E-state index in [9.17, 15) is 10.1 Å². The topological polar surface area (TPSA) is 122 Å². The molecule has 132 valence electrons. The van der Waals surface area contributed by atoms with Crippen LogP contribution in [0.4, 0.5) is 11.5 Å². The van der Waals surface area contributed by atoms with Crippen molar-refractivity contribution in [3.8, 4) is 11.5 Å². The lowest BCUT2D eigenvalue weighted by atomic mass is 10.1. The number of nitro benzene ring substituents is 1. The van der Waals surface area contributed by atoms with Crippen LogP contribution in [-0.2, 0) is 0 Å². The Hall–Kier alpha value is -4.14. The molecule has 4 aromatic rings. The number of hydrogen-bond acceptors (Lipinski definition) is 7. The maximum Gasteiger partial charge on any atom is 0.269 e. The molecule has 2 heterocycles. The molecule has 2 aromatic heterocycles. The minimum atomic E-state index is -0.443. The number of anilines is 1. The van der Waals surface area contributed by atoms with Crippen molar-refractivity contribution in [3.05, 3.63) is 76.6 Å². The van der Waals surface area contributed by atoms with Crippen LogP contribution in [0.2, 0.25) is 0 Å². The summed E-state index contributed by atoms with van der Waals surface area (Å²) in [6, 6.07) is 13.8. The lowest BCUT2D eigenvalue weighted by molar-refractivity contribution is -0.384. The van der Waals surface area contributed by atoms with E-state index in [0.29, 0.717) is 17.3 Å². The summed E-state index contributed by atoms with van der Waals surface area (Å²) in [6.07, 6.45) is 4.94. The van der Waals surface area contributed by atoms with Crippen LogP contribution < -0.4 is 5.43 Å². The second-order valence-electron chi connectivity index (χ2n) is 5.60. The number of non-ortho nitro benzene ring substituents is 1. The molecule has 0 saturated carbocycles. The van der Waals surface area contributed by atoms with Gasteiger partial charge in [-0.25, -0.2) is 4.98 Å². The Labute approximate surface area is 152 Å². The molecule has 27 heavy (non-hydrogen) atoms. The molecule has 0 unspecified atom stereocenters. The van der Waals surface area contributed by atoms with Gasteiger partial charge in [-0.2, -0.15) is 5.10 Å². The molecule has 2 aromatic carbocycles. The molecule has 0 saturated heterocycles. The molecule has 0 amide bonds. The number of imidazole rings is 1. The lowest BCUT2D eigenvalue weighted by Crippen LogP contribution is -1.99. The quantitative estimate of drug-likeness (QED) is 0.320. The van der Waals surface area contributed by atoms with Gasteiger partial charge in [0, 0.05) is 35.3 Å². The van der Waals surface area contributed by atoms with Gasteiger partial charge >= 0.3 is 0 Å². The van der Waals surface area contributed by atoms with Gasteiger partial charge < -0.3 is 4.98 Å². The normalized spacial score (nSPS) is 11.1. The third-order valence-electron chi connectivity index (χ3n) is 3.90. The number of aromatic nitrogens is 4. The molecule has 0 aliphatic carbocycles. The number of hydrogen-bond donors (Lipinski definition) is 2. The molecule has 0 atom stereocenters. The highest BCUT2D eigenvalue weighted by Gasteiger charge is 2.11. The number of nitro groups is 1. The Bertz CT molecular complexity index is 1120. The van der Waals surface area contributed by atoms with E-state index < -0.39 is 4.92 Å². The number of nitrogens with one attached hydrogen (secondary N) is 2. The largest absolute Gasteiger partial charge is 0.343 e. The van der Waals surface area contributed by atoms with E-state index in [-0.39, 0.29) is 5.69 Å². The zero-order chi connectivity index (χ0) is 18.6. The van der Waals surface area contributed by atoms with Crippen molar-refractivity contribution in [1.29, 1.82) is 0 Å². The SMILES string of the molecule is O=[N+]([O-])c1ccc(/C=N/Nc2nnc(-c3ncc[nH]3)c3ccccc23)cc1. The van der Waals surface area contributed by atoms with Gasteiger partial charge in [-0.1, -0.05) is 24.3 Å². The summed E-state index contributed by atoms with van der Waals surface area (Å²) in [5.41, 5.74) is 4.28. The molecule has 0 spiro atoms. The molecule has 4 rings (SSSR count). The van der Waals surface area contributed by atoms with Gasteiger partial charge in [0.1, 0.15) is 5.69 Å². The van der Waals surface area contributed by atoms with Crippen molar-refractivity contribution in [1.82, 2.24) is 20.2 Å². The van der Waals surface area contributed by atoms with Crippen LogP contribution >= 0.6 is 0 Å². The summed E-state index contributed by atoms with van der Waals surface area (Å²) in [5, 5.41) is 25.0. The fourth-order valence-corrected chi connectivity index (χ4v) is 2.61. The fourth-order valence-electron chi connectivity index (χ4n) is 2.61. The molecule has 2 N–H and O–H groups in total. The summed E-state index contributed by atoms with van der Waals surface area (Å²) < 4.78 is 0. The van der Waals surface area contributed by atoms with E-state index in [1.165, 1.54) is 12.1 Å². The maximum atomic E-state index is 10.7. The molecule has 9 heteroatoms. The first-order valence-corrected chi connectivity index (χ1v) is 8.01. The van der Waals surface area contributed by atoms with Crippen molar-refractivity contribution >= 4 is 28.5 Å². The molecular formula is C18H13N7O2. The monoisotopic (exact) mass is 359 g/mol. The number of rotatable bonds is 5. The zero-order valence-corrected chi connectivity index (χ0v) is 13.9. The summed E-state index contributed by atoms with van der Waals surface area (Å²) in [5.74, 6) is 1.14. The van der Waals surface area contributed by atoms with E-state index in [2.05, 4.69) is 30.7 Å². The van der Waals surface area contributed by atoms with E-state index in [4.69, 9.17) is 0 Å². The molecule has 0 aliphatic heterocycles. The Morgan fingerprint density at radius 1 is 1.07 bits per heavy atom. The number of nitrogens with zero attached hydrogens (tertiary/aromatic N) is 5. The highest BCUT2D eigenvalue weighted by molar-refractivity contribution is 5.99. The summed E-state index contributed by atoms with van der Waals surface area (Å²) in [4.78, 5) is 17.5. The predicted molar refractivity (Wildman–Crippen MR) is 101 cm³/mol. The lowest BCUT2D eigenvalue weighted by Gasteiger charge is -2.07. The van der Waals surface area contributed by atoms with Gasteiger partial charge in [0.25, 0.3) is 5.69 Å². The average Bonchev–Trinajstić information content (AvgIpc) is 3.23. The van der Waals surface area contributed by atoms with Crippen molar-refractivity contribution in [2.24, 2.45) is 5.10 Å². The highest BCUT2D eigenvalue weighted by Crippen LogP contribution is 2.27. The molecule has 0 fully saturated rings. The fraction of sp³-hybridized carbons (Fsp3) is 0. The highest BCUT2D eigenvalue weighted by atomic mass is 16.6. The van der Waals surface area contributed by atoms with Crippen molar-refractivity contribution < 1.29 is 4.92 Å². The first-order chi connectivity index (χ1) is 13.2. The first-order valence-electron chi connectivity index (χ1n) is 8.01. The van der Waals surface area contributed by atoms with Crippen molar-refractivity contribution in [3.63, 3.8) is 0 Å². The van der Waals surface area contributed by atoms with Crippen molar-refractivity contribution in [2.45, 2.75) is 0 Å². The smallest absolute Gasteiger partial charge is 0.269 e. The minimum absolute atomic E-state index is 0.0329. The molecule has 0 radical (unpaired) electrons. The average molecular weight is 359 g/mol. The van der Waals surface area contributed by atoms with Gasteiger partial charge in [-0.05, 0) is 17.7 Å². The number of aromatic amines is 1. The Balaban J connectivity index is 1.61. The maximum absolute atomic E-state index is 10.7. The first kappa shape index (κ1) is 16.3. The summed E-state index contributed by atoms with van der Waals surface area (Å²) in [7, 11) is 0. The Morgan fingerprint density at radius 2 is 1.85 bits per heavy atom.